The fourth-order valence-electron chi connectivity index (χ4n) is 8.40. The molecule has 318 valence electrons. The molecule has 66 heavy (non-hydrogen) atoms. The number of benzene rings is 8. The summed E-state index contributed by atoms with van der Waals surface area (Å²) < 4.78 is 0. The minimum atomic E-state index is 0.915. The molecule has 2 heterocycles. The van der Waals surface area contributed by atoms with Crippen molar-refractivity contribution in [1.82, 2.24) is 9.97 Å². The summed E-state index contributed by atoms with van der Waals surface area (Å²) in [5, 5.41) is 0. The molecule has 0 N–H and O–H groups in total. The van der Waals surface area contributed by atoms with E-state index in [0.29, 0.717) is 0 Å². The average Bonchev–Trinajstić information content (AvgIpc) is 3.38. The van der Waals surface area contributed by atoms with Gasteiger partial charge in [0.1, 0.15) is 0 Å². The number of aromatic nitrogens is 2. The van der Waals surface area contributed by atoms with Gasteiger partial charge in [-0.05, 0) is 147 Å². The van der Waals surface area contributed by atoms with Gasteiger partial charge in [-0.1, -0.05) is 108 Å². The molecule has 0 amide bonds. The second-order valence-corrected chi connectivity index (χ2v) is 16.3. The summed E-state index contributed by atoms with van der Waals surface area (Å²) in [7, 11) is 0. The van der Waals surface area contributed by atoms with E-state index in [-0.39, 0.29) is 0 Å². The largest absolute Gasteiger partial charge is 0.311 e. The summed E-state index contributed by atoms with van der Waals surface area (Å²) in [6.07, 6.45) is 7.71. The first-order valence-electron chi connectivity index (χ1n) is 22.2. The summed E-state index contributed by atoms with van der Waals surface area (Å²) in [4.78, 5) is 18.8. The molecule has 0 saturated heterocycles. The molecule has 2 aromatic heterocycles. The number of hydrogen-bond acceptors (Lipinski definition) is 6. The molecule has 6 nitrogen and oxygen atoms in total. The van der Waals surface area contributed by atoms with E-state index in [1.54, 1.807) is 0 Å². The zero-order chi connectivity index (χ0) is 44.7. The van der Waals surface area contributed by atoms with Crippen LogP contribution in [-0.4, -0.2) is 9.97 Å². The van der Waals surface area contributed by atoms with Crippen molar-refractivity contribution in [2.75, 3.05) is 19.6 Å². The molecule has 10 aromatic rings. The Morgan fingerprint density at radius 3 is 0.697 bits per heavy atom. The van der Waals surface area contributed by atoms with Gasteiger partial charge in [0.15, 0.2) is 0 Å². The highest BCUT2D eigenvalue weighted by Crippen LogP contribution is 2.42. The van der Waals surface area contributed by atoms with Crippen molar-refractivity contribution in [3.05, 3.63) is 266 Å². The predicted molar refractivity (Wildman–Crippen MR) is 276 cm³/mol. The minimum Gasteiger partial charge on any atom is -0.311 e. The summed E-state index contributed by atoms with van der Waals surface area (Å²) in [5.74, 6) is 0. The minimum absolute atomic E-state index is 0.915. The van der Waals surface area contributed by atoms with Crippen LogP contribution in [-0.2, 0) is 0 Å². The van der Waals surface area contributed by atoms with Crippen LogP contribution in [0.2, 0.25) is 0 Å². The lowest BCUT2D eigenvalue weighted by Gasteiger charge is -2.29. The highest BCUT2D eigenvalue weighted by molar-refractivity contribution is 5.85. The molecule has 0 aliphatic carbocycles. The van der Waals surface area contributed by atoms with Crippen molar-refractivity contribution < 1.29 is 0 Å². The van der Waals surface area contributed by atoms with Crippen molar-refractivity contribution in [1.29, 1.82) is 0 Å². The monoisotopic (exact) mass is 852 g/mol. The molecule has 10 rings (SSSR count). The van der Waals surface area contributed by atoms with Gasteiger partial charge in [0, 0.05) is 80.4 Å². The third-order valence-corrected chi connectivity index (χ3v) is 11.7. The number of para-hydroxylation sites is 4. The first-order chi connectivity index (χ1) is 32.6. The van der Waals surface area contributed by atoms with Crippen molar-refractivity contribution in [3.63, 3.8) is 0 Å². The van der Waals surface area contributed by atoms with Crippen LogP contribution in [0.15, 0.2) is 255 Å². The standard InChI is InChI=1S/C60H48N6/c1-45-23-27-53(28-24-45)65(54-29-25-46(2)26-30-54)59-39-47(41-61-43-59)48-40-60(44-62-42-48)66(57-35-31-55(32-36-57)63(49-15-7-3-8-16-49)50-17-9-4-10-18-50)58-37-33-56(34-38-58)64(51-19-11-5-12-20-51)52-21-13-6-14-22-52/h3-44H,1-2H3. The molecule has 6 heteroatoms. The lowest BCUT2D eigenvalue weighted by molar-refractivity contribution is 1.21. The molecule has 0 aliphatic heterocycles. The van der Waals surface area contributed by atoms with E-state index >= 15 is 0 Å². The Bertz CT molecular complexity index is 2880. The van der Waals surface area contributed by atoms with Gasteiger partial charge in [0.25, 0.3) is 0 Å². The predicted octanol–water partition coefficient (Wildman–Crippen LogP) is 16.6. The van der Waals surface area contributed by atoms with Gasteiger partial charge in [-0.3, -0.25) is 9.97 Å². The molecule has 8 aromatic carbocycles. The van der Waals surface area contributed by atoms with E-state index < -0.39 is 0 Å². The summed E-state index contributed by atoms with van der Waals surface area (Å²) in [5.41, 5.74) is 16.7. The van der Waals surface area contributed by atoms with Crippen LogP contribution in [0.25, 0.3) is 11.1 Å². The molecule has 0 bridgehead atoms. The van der Waals surface area contributed by atoms with Crippen LogP contribution >= 0.6 is 0 Å². The highest BCUT2D eigenvalue weighted by Gasteiger charge is 2.20. The Morgan fingerprint density at radius 2 is 0.439 bits per heavy atom. The zero-order valence-electron chi connectivity index (χ0n) is 36.9. The van der Waals surface area contributed by atoms with E-state index in [4.69, 9.17) is 9.97 Å². The fourth-order valence-corrected chi connectivity index (χ4v) is 8.40. The van der Waals surface area contributed by atoms with Crippen molar-refractivity contribution in [2.45, 2.75) is 13.8 Å². The van der Waals surface area contributed by atoms with Gasteiger partial charge >= 0.3 is 0 Å². The smallest absolute Gasteiger partial charge is 0.0651 e. The van der Waals surface area contributed by atoms with Crippen LogP contribution in [0, 0.1) is 13.8 Å². The molecule has 0 unspecified atom stereocenters. The molecule has 0 aliphatic rings. The van der Waals surface area contributed by atoms with E-state index in [1.807, 2.05) is 24.8 Å². The first kappa shape index (κ1) is 41.3. The van der Waals surface area contributed by atoms with E-state index in [9.17, 15) is 0 Å². The molecule has 0 radical (unpaired) electrons. The van der Waals surface area contributed by atoms with Crippen LogP contribution in [0.5, 0.6) is 0 Å². The SMILES string of the molecule is Cc1ccc(N(c2ccc(C)cc2)c2cncc(-c3cncc(N(c4ccc(N(c5ccccc5)c5ccccc5)cc4)c4ccc(N(c5ccccc5)c5ccccc5)cc4)c3)c2)cc1. The number of aryl methyl sites for hydroxylation is 2. The lowest BCUT2D eigenvalue weighted by Crippen LogP contribution is -2.13. The lowest BCUT2D eigenvalue weighted by atomic mass is 10.1. The van der Waals surface area contributed by atoms with Gasteiger partial charge in [0.05, 0.1) is 23.8 Å². The highest BCUT2D eigenvalue weighted by atomic mass is 15.2. The number of anilines is 12. The Kier molecular flexibility index (Phi) is 11.8. The van der Waals surface area contributed by atoms with E-state index in [1.165, 1.54) is 11.1 Å². The molecule has 0 saturated carbocycles. The van der Waals surface area contributed by atoms with Crippen LogP contribution < -0.4 is 19.6 Å². The third kappa shape index (κ3) is 8.89. The Hall–Kier alpha value is -8.74. The maximum absolute atomic E-state index is 4.89. The van der Waals surface area contributed by atoms with Crippen molar-refractivity contribution in [3.8, 4) is 11.1 Å². The van der Waals surface area contributed by atoms with Gasteiger partial charge < -0.3 is 19.6 Å². The normalized spacial score (nSPS) is 10.9. The van der Waals surface area contributed by atoms with E-state index in [2.05, 4.69) is 264 Å². The first-order valence-corrected chi connectivity index (χ1v) is 22.2. The van der Waals surface area contributed by atoms with Gasteiger partial charge in [-0.2, -0.15) is 0 Å². The molecule has 0 atom stereocenters. The van der Waals surface area contributed by atoms with Crippen LogP contribution in [0.4, 0.5) is 68.2 Å². The summed E-state index contributed by atoms with van der Waals surface area (Å²) >= 11 is 0. The maximum Gasteiger partial charge on any atom is 0.0651 e. The molecular weight excluding hydrogens is 805 g/mol. The molecule has 0 spiro atoms. The fraction of sp³-hybridized carbons (Fsp3) is 0.0333. The van der Waals surface area contributed by atoms with Crippen molar-refractivity contribution in [2.24, 2.45) is 0 Å². The zero-order valence-corrected chi connectivity index (χ0v) is 36.9. The van der Waals surface area contributed by atoms with Crippen LogP contribution in [0.3, 0.4) is 0 Å². The maximum atomic E-state index is 4.89. The average molecular weight is 853 g/mol. The number of hydrogen-bond donors (Lipinski definition) is 0. The summed E-state index contributed by atoms with van der Waals surface area (Å²) in [6, 6.07) is 81.2. The Balaban J connectivity index is 1.07. The van der Waals surface area contributed by atoms with Gasteiger partial charge in [0.2, 0.25) is 0 Å². The molecular formula is C60H48N6. The number of nitrogens with zero attached hydrogens (tertiary/aromatic N) is 6. The topological polar surface area (TPSA) is 38.7 Å². The Labute approximate surface area is 387 Å². The number of rotatable bonds is 13. The third-order valence-electron chi connectivity index (χ3n) is 11.7. The van der Waals surface area contributed by atoms with Gasteiger partial charge in [-0.15, -0.1) is 0 Å². The number of pyridine rings is 2. The summed E-state index contributed by atoms with van der Waals surface area (Å²) in [6.45, 7) is 4.23. The van der Waals surface area contributed by atoms with Crippen LogP contribution in [0.1, 0.15) is 11.1 Å². The second kappa shape index (κ2) is 18.9. The Morgan fingerprint density at radius 1 is 0.227 bits per heavy atom. The quantitative estimate of drug-likeness (QED) is 0.115. The molecule has 0 fully saturated rings. The van der Waals surface area contributed by atoms with E-state index in [0.717, 1.165) is 79.4 Å². The van der Waals surface area contributed by atoms with Crippen molar-refractivity contribution >= 4 is 68.2 Å². The van der Waals surface area contributed by atoms with Gasteiger partial charge in [-0.25, -0.2) is 0 Å². The second-order valence-electron chi connectivity index (χ2n) is 16.3.